The van der Waals surface area contributed by atoms with Crippen molar-refractivity contribution in [3.8, 4) is 0 Å². The summed E-state index contributed by atoms with van der Waals surface area (Å²) in [6.07, 6.45) is 2.33. The van der Waals surface area contributed by atoms with Crippen LogP contribution in [0.25, 0.3) is 0 Å². The first-order chi connectivity index (χ1) is 7.85. The van der Waals surface area contributed by atoms with E-state index in [1.807, 2.05) is 0 Å². The molecule has 0 radical (unpaired) electrons. The van der Waals surface area contributed by atoms with Crippen molar-refractivity contribution in [2.24, 2.45) is 5.73 Å². The molecule has 16 heavy (non-hydrogen) atoms. The molecule has 0 bridgehead atoms. The minimum absolute atomic E-state index is 0.447. The molecule has 1 saturated heterocycles. The first-order valence-electron chi connectivity index (χ1n) is 5.71. The third kappa shape index (κ3) is 2.56. The highest BCUT2D eigenvalue weighted by Gasteiger charge is 2.19. The Labute approximate surface area is 99.7 Å². The smallest absolute Gasteiger partial charge is 0.191 e. The van der Waals surface area contributed by atoms with Gasteiger partial charge in [0, 0.05) is 18.4 Å². The summed E-state index contributed by atoms with van der Waals surface area (Å²) in [7, 11) is 0. The molecule has 1 atom stereocenters. The molecule has 1 fully saturated rings. The van der Waals surface area contributed by atoms with Crippen LogP contribution in [0.2, 0.25) is 0 Å². The zero-order valence-electron chi connectivity index (χ0n) is 9.56. The monoisotopic (exact) mass is 242 g/mol. The largest absolute Gasteiger partial charge is 0.380 e. The Morgan fingerprint density at radius 2 is 2.44 bits per heavy atom. The van der Waals surface area contributed by atoms with Crippen molar-refractivity contribution in [2.45, 2.75) is 43.3 Å². The van der Waals surface area contributed by atoms with Gasteiger partial charge in [-0.1, -0.05) is 11.8 Å². The molecule has 0 aromatic carbocycles. The lowest BCUT2D eigenvalue weighted by Crippen LogP contribution is -2.20. The Hall–Kier alpha value is -0.590. The minimum Gasteiger partial charge on any atom is -0.380 e. The summed E-state index contributed by atoms with van der Waals surface area (Å²) in [5.41, 5.74) is 5.62. The van der Waals surface area contributed by atoms with Gasteiger partial charge >= 0.3 is 0 Å². The van der Waals surface area contributed by atoms with Crippen molar-refractivity contribution in [1.82, 2.24) is 14.8 Å². The van der Waals surface area contributed by atoms with E-state index in [2.05, 4.69) is 21.7 Å². The zero-order valence-corrected chi connectivity index (χ0v) is 10.4. The number of nitrogens with two attached hydrogens (primary N) is 1. The van der Waals surface area contributed by atoms with Crippen LogP contribution in [-0.2, 0) is 17.8 Å². The predicted octanol–water partition coefficient (Wildman–Crippen LogP) is 1.03. The third-order valence-electron chi connectivity index (χ3n) is 2.68. The van der Waals surface area contributed by atoms with Crippen molar-refractivity contribution >= 4 is 11.8 Å². The maximum atomic E-state index is 5.62. The number of aromatic nitrogens is 3. The highest BCUT2D eigenvalue weighted by atomic mass is 32.2. The summed E-state index contributed by atoms with van der Waals surface area (Å²) in [5, 5.41) is 9.77. The van der Waals surface area contributed by atoms with Crippen LogP contribution in [0.15, 0.2) is 5.16 Å². The Kier molecular flexibility index (Phi) is 4.20. The van der Waals surface area contributed by atoms with E-state index in [9.17, 15) is 0 Å². The van der Waals surface area contributed by atoms with Gasteiger partial charge in [0.25, 0.3) is 0 Å². The predicted molar refractivity (Wildman–Crippen MR) is 63.3 cm³/mol. The lowest BCUT2D eigenvalue weighted by atomic mass is 10.2. The summed E-state index contributed by atoms with van der Waals surface area (Å²) in [6, 6.07) is 0. The SMILES string of the molecule is CCn1c(CN)nnc1SC1CCCOC1. The van der Waals surface area contributed by atoms with Gasteiger partial charge in [0.15, 0.2) is 5.16 Å². The molecule has 1 unspecified atom stereocenters. The molecule has 0 aliphatic carbocycles. The van der Waals surface area contributed by atoms with Gasteiger partial charge in [0.05, 0.1) is 13.2 Å². The van der Waals surface area contributed by atoms with Gasteiger partial charge < -0.3 is 15.0 Å². The maximum absolute atomic E-state index is 5.62. The molecule has 2 heterocycles. The quantitative estimate of drug-likeness (QED) is 0.854. The van der Waals surface area contributed by atoms with Gasteiger partial charge in [0.1, 0.15) is 5.82 Å². The van der Waals surface area contributed by atoms with E-state index in [4.69, 9.17) is 10.5 Å². The number of ether oxygens (including phenoxy) is 1. The fraction of sp³-hybridized carbons (Fsp3) is 0.800. The van der Waals surface area contributed by atoms with Crippen LogP contribution >= 0.6 is 11.8 Å². The Bertz CT molecular complexity index is 336. The maximum Gasteiger partial charge on any atom is 0.191 e. The topological polar surface area (TPSA) is 66.0 Å². The number of rotatable bonds is 4. The number of hydrogen-bond donors (Lipinski definition) is 1. The number of thioether (sulfide) groups is 1. The van der Waals surface area contributed by atoms with Crippen molar-refractivity contribution in [1.29, 1.82) is 0 Å². The molecule has 1 aliphatic heterocycles. The van der Waals surface area contributed by atoms with Crippen molar-refractivity contribution < 1.29 is 4.74 Å². The van der Waals surface area contributed by atoms with Crippen molar-refractivity contribution in [3.05, 3.63) is 5.82 Å². The van der Waals surface area contributed by atoms with Gasteiger partial charge in [-0.25, -0.2) is 0 Å². The molecular weight excluding hydrogens is 224 g/mol. The van der Waals surface area contributed by atoms with Crippen LogP contribution in [0.5, 0.6) is 0 Å². The van der Waals surface area contributed by atoms with Gasteiger partial charge in [0.2, 0.25) is 0 Å². The Morgan fingerprint density at radius 3 is 3.06 bits per heavy atom. The van der Waals surface area contributed by atoms with E-state index in [-0.39, 0.29) is 0 Å². The van der Waals surface area contributed by atoms with E-state index in [1.165, 1.54) is 6.42 Å². The van der Waals surface area contributed by atoms with Gasteiger partial charge in [-0.05, 0) is 19.8 Å². The molecular formula is C10H18N4OS. The summed E-state index contributed by atoms with van der Waals surface area (Å²) in [4.78, 5) is 0. The molecule has 2 N–H and O–H groups in total. The summed E-state index contributed by atoms with van der Waals surface area (Å²) in [6.45, 7) is 5.12. The Balaban J connectivity index is 2.05. The zero-order chi connectivity index (χ0) is 11.4. The second-order valence-corrected chi connectivity index (χ2v) is 5.07. The van der Waals surface area contributed by atoms with Crippen LogP contribution in [0, 0.1) is 0 Å². The normalized spacial score (nSPS) is 21.2. The van der Waals surface area contributed by atoms with Crippen LogP contribution in [0.3, 0.4) is 0 Å². The highest BCUT2D eigenvalue weighted by molar-refractivity contribution is 7.99. The number of hydrogen-bond acceptors (Lipinski definition) is 5. The fourth-order valence-corrected chi connectivity index (χ4v) is 3.02. The van der Waals surface area contributed by atoms with Gasteiger partial charge in [-0.3, -0.25) is 0 Å². The average molecular weight is 242 g/mol. The van der Waals surface area contributed by atoms with Crippen molar-refractivity contribution in [2.75, 3.05) is 13.2 Å². The van der Waals surface area contributed by atoms with Gasteiger partial charge in [-0.2, -0.15) is 0 Å². The van der Waals surface area contributed by atoms with Crippen LogP contribution < -0.4 is 5.73 Å². The van der Waals surface area contributed by atoms with Crippen LogP contribution in [0.1, 0.15) is 25.6 Å². The first kappa shape index (κ1) is 11.9. The average Bonchev–Trinajstić information content (AvgIpc) is 2.72. The third-order valence-corrected chi connectivity index (χ3v) is 3.90. The lowest BCUT2D eigenvalue weighted by Gasteiger charge is -2.21. The van der Waals surface area contributed by atoms with Crippen molar-refractivity contribution in [3.63, 3.8) is 0 Å². The molecule has 5 nitrogen and oxygen atoms in total. The van der Waals surface area contributed by atoms with E-state index < -0.39 is 0 Å². The molecule has 0 amide bonds. The van der Waals surface area contributed by atoms with E-state index in [0.717, 1.165) is 37.2 Å². The second kappa shape index (κ2) is 5.65. The summed E-state index contributed by atoms with van der Waals surface area (Å²) >= 11 is 1.76. The molecule has 1 aromatic heterocycles. The molecule has 0 spiro atoms. The molecule has 0 saturated carbocycles. The summed E-state index contributed by atoms with van der Waals surface area (Å²) in [5.74, 6) is 0.863. The summed E-state index contributed by atoms with van der Waals surface area (Å²) < 4.78 is 7.54. The molecule has 6 heteroatoms. The van der Waals surface area contributed by atoms with Crippen LogP contribution in [-0.4, -0.2) is 33.2 Å². The lowest BCUT2D eigenvalue weighted by molar-refractivity contribution is 0.101. The first-order valence-corrected chi connectivity index (χ1v) is 6.59. The highest BCUT2D eigenvalue weighted by Crippen LogP contribution is 2.27. The molecule has 90 valence electrons. The minimum atomic E-state index is 0.447. The Morgan fingerprint density at radius 1 is 1.56 bits per heavy atom. The van der Waals surface area contributed by atoms with E-state index >= 15 is 0 Å². The molecule has 1 aromatic rings. The van der Waals surface area contributed by atoms with E-state index in [1.54, 1.807) is 11.8 Å². The molecule has 1 aliphatic rings. The number of nitrogens with zero attached hydrogens (tertiary/aromatic N) is 3. The van der Waals surface area contributed by atoms with Crippen LogP contribution in [0.4, 0.5) is 0 Å². The fourth-order valence-electron chi connectivity index (χ4n) is 1.83. The van der Waals surface area contributed by atoms with E-state index in [0.29, 0.717) is 11.8 Å². The standard InChI is InChI=1S/C10H18N4OS/c1-2-14-9(6-11)12-13-10(14)16-8-4-3-5-15-7-8/h8H,2-7,11H2,1H3. The molecule has 2 rings (SSSR count). The second-order valence-electron chi connectivity index (χ2n) is 3.80. The van der Waals surface area contributed by atoms with Gasteiger partial charge in [-0.15, -0.1) is 10.2 Å².